The Balaban J connectivity index is 1.66. The minimum Gasteiger partial charge on any atom is -0.380 e. The molecule has 2 aromatic heterocycles. The number of carbonyl (C=O) groups excluding carboxylic acids is 1. The fourth-order valence-corrected chi connectivity index (χ4v) is 3.47. The van der Waals surface area contributed by atoms with E-state index >= 15 is 0 Å². The highest BCUT2D eigenvalue weighted by Gasteiger charge is 2.28. The summed E-state index contributed by atoms with van der Waals surface area (Å²) in [6.45, 7) is 4.57. The third-order valence-corrected chi connectivity index (χ3v) is 4.90. The van der Waals surface area contributed by atoms with Crippen molar-refractivity contribution in [2.45, 2.75) is 32.5 Å². The van der Waals surface area contributed by atoms with E-state index < -0.39 is 0 Å². The Bertz CT molecular complexity index is 921. The maximum Gasteiger partial charge on any atom is 0.254 e. The van der Waals surface area contributed by atoms with E-state index in [0.717, 1.165) is 29.6 Å². The lowest BCUT2D eigenvalue weighted by molar-refractivity contribution is 0.0423. The van der Waals surface area contributed by atoms with Gasteiger partial charge in [-0.05, 0) is 37.6 Å². The van der Waals surface area contributed by atoms with Gasteiger partial charge in [0.1, 0.15) is 0 Å². The Morgan fingerprint density at radius 3 is 3.15 bits per heavy atom. The van der Waals surface area contributed by atoms with Crippen LogP contribution in [0, 0.1) is 0 Å². The van der Waals surface area contributed by atoms with Gasteiger partial charge in [-0.1, -0.05) is 6.07 Å². The van der Waals surface area contributed by atoms with E-state index in [9.17, 15) is 4.79 Å². The minimum atomic E-state index is 0.0232. The first-order chi connectivity index (χ1) is 12.8. The predicted octanol–water partition coefficient (Wildman–Crippen LogP) is 2.88. The Labute approximate surface area is 152 Å². The van der Waals surface area contributed by atoms with Gasteiger partial charge in [-0.25, -0.2) is 4.98 Å². The SMILES string of the molecule is CCOC[C@@H]1CCn2cncc2CN1C(=O)c1ccc2ncccc2c1. The van der Waals surface area contributed by atoms with Crippen LogP contribution in [0.2, 0.25) is 0 Å². The summed E-state index contributed by atoms with van der Waals surface area (Å²) in [5.41, 5.74) is 2.63. The maximum absolute atomic E-state index is 13.3. The van der Waals surface area contributed by atoms with Crippen LogP contribution in [-0.2, 0) is 17.8 Å². The van der Waals surface area contributed by atoms with Gasteiger partial charge in [0, 0.05) is 36.5 Å². The van der Waals surface area contributed by atoms with Crippen molar-refractivity contribution in [3.63, 3.8) is 0 Å². The molecule has 0 saturated carbocycles. The van der Waals surface area contributed by atoms with E-state index in [0.29, 0.717) is 25.3 Å². The van der Waals surface area contributed by atoms with E-state index in [2.05, 4.69) is 14.5 Å². The molecule has 1 aliphatic heterocycles. The maximum atomic E-state index is 13.3. The van der Waals surface area contributed by atoms with Crippen molar-refractivity contribution in [1.29, 1.82) is 0 Å². The van der Waals surface area contributed by atoms with Crippen molar-refractivity contribution in [3.8, 4) is 0 Å². The number of carbonyl (C=O) groups is 1. The molecule has 0 fully saturated rings. The van der Waals surface area contributed by atoms with Gasteiger partial charge in [0.15, 0.2) is 0 Å². The molecule has 0 radical (unpaired) electrons. The summed E-state index contributed by atoms with van der Waals surface area (Å²) < 4.78 is 7.78. The standard InChI is InChI=1S/C20H22N4O2/c1-2-26-13-17-7-9-23-14-21-11-18(23)12-24(17)20(25)16-5-6-19-15(10-16)4-3-8-22-19/h3-6,8,10-11,14,17H,2,7,9,12-13H2,1H3/t17-/m0/s1. The monoisotopic (exact) mass is 350 g/mol. The molecule has 6 heteroatoms. The summed E-state index contributed by atoms with van der Waals surface area (Å²) in [6.07, 6.45) is 6.29. The number of pyridine rings is 1. The number of hydrogen-bond acceptors (Lipinski definition) is 4. The molecule has 0 unspecified atom stereocenters. The van der Waals surface area contributed by atoms with Gasteiger partial charge < -0.3 is 14.2 Å². The summed E-state index contributed by atoms with van der Waals surface area (Å²) in [5.74, 6) is 0.0232. The number of aryl methyl sites for hydroxylation is 1. The van der Waals surface area contributed by atoms with Crippen molar-refractivity contribution < 1.29 is 9.53 Å². The largest absolute Gasteiger partial charge is 0.380 e. The molecule has 0 bridgehead atoms. The number of benzene rings is 1. The molecule has 134 valence electrons. The van der Waals surface area contributed by atoms with E-state index in [1.165, 1.54) is 0 Å². The Hall–Kier alpha value is -2.73. The molecule has 0 spiro atoms. The number of amides is 1. The van der Waals surface area contributed by atoms with Crippen molar-refractivity contribution >= 4 is 16.8 Å². The third-order valence-electron chi connectivity index (χ3n) is 4.90. The number of aromatic nitrogens is 3. The highest BCUT2D eigenvalue weighted by atomic mass is 16.5. The van der Waals surface area contributed by atoms with Gasteiger partial charge in [0.05, 0.1) is 36.7 Å². The lowest BCUT2D eigenvalue weighted by atomic mass is 10.1. The number of fused-ring (bicyclic) bond motifs is 2. The molecule has 4 rings (SSSR count). The topological polar surface area (TPSA) is 60.2 Å². The van der Waals surface area contributed by atoms with Gasteiger partial charge >= 0.3 is 0 Å². The average Bonchev–Trinajstić information content (AvgIpc) is 3.05. The number of nitrogens with zero attached hydrogens (tertiary/aromatic N) is 4. The third kappa shape index (κ3) is 3.20. The highest BCUT2D eigenvalue weighted by molar-refractivity contribution is 5.98. The van der Waals surface area contributed by atoms with Crippen molar-refractivity contribution in [1.82, 2.24) is 19.4 Å². The van der Waals surface area contributed by atoms with Gasteiger partial charge in [0.2, 0.25) is 0 Å². The first kappa shape index (κ1) is 16.7. The zero-order chi connectivity index (χ0) is 17.9. The average molecular weight is 350 g/mol. The highest BCUT2D eigenvalue weighted by Crippen LogP contribution is 2.22. The van der Waals surface area contributed by atoms with Gasteiger partial charge in [-0.15, -0.1) is 0 Å². The van der Waals surface area contributed by atoms with E-state index in [-0.39, 0.29) is 11.9 Å². The summed E-state index contributed by atoms with van der Waals surface area (Å²) >= 11 is 0. The number of rotatable bonds is 4. The summed E-state index contributed by atoms with van der Waals surface area (Å²) in [6, 6.07) is 9.60. The lowest BCUT2D eigenvalue weighted by Gasteiger charge is -2.29. The molecular weight excluding hydrogens is 328 g/mol. The molecule has 0 N–H and O–H groups in total. The summed E-state index contributed by atoms with van der Waals surface area (Å²) in [4.78, 5) is 23.8. The van der Waals surface area contributed by atoms with Crippen LogP contribution in [0.15, 0.2) is 49.1 Å². The Morgan fingerprint density at radius 2 is 2.27 bits per heavy atom. The smallest absolute Gasteiger partial charge is 0.254 e. The first-order valence-corrected chi connectivity index (χ1v) is 8.98. The van der Waals surface area contributed by atoms with Crippen molar-refractivity contribution in [3.05, 3.63) is 60.3 Å². The van der Waals surface area contributed by atoms with Crippen molar-refractivity contribution in [2.75, 3.05) is 13.2 Å². The molecule has 1 aromatic carbocycles. The first-order valence-electron chi connectivity index (χ1n) is 8.98. The second-order valence-electron chi connectivity index (χ2n) is 6.52. The van der Waals surface area contributed by atoms with E-state index in [4.69, 9.17) is 4.74 Å². The Kier molecular flexibility index (Phi) is 4.67. The minimum absolute atomic E-state index is 0.0232. The summed E-state index contributed by atoms with van der Waals surface area (Å²) in [7, 11) is 0. The van der Waals surface area contributed by atoms with Gasteiger partial charge in [0.25, 0.3) is 5.91 Å². The van der Waals surface area contributed by atoms with Crippen LogP contribution in [0.25, 0.3) is 10.9 Å². The lowest BCUT2D eigenvalue weighted by Crippen LogP contribution is -2.42. The van der Waals surface area contributed by atoms with Crippen LogP contribution in [0.5, 0.6) is 0 Å². The van der Waals surface area contributed by atoms with E-state index in [1.807, 2.05) is 54.7 Å². The molecule has 1 atom stereocenters. The second kappa shape index (κ2) is 7.25. The summed E-state index contributed by atoms with van der Waals surface area (Å²) in [5, 5.41) is 0.972. The predicted molar refractivity (Wildman–Crippen MR) is 98.7 cm³/mol. The normalized spacial score (nSPS) is 17.1. The number of imidazole rings is 1. The molecule has 0 aliphatic carbocycles. The molecule has 1 aliphatic rings. The molecule has 6 nitrogen and oxygen atoms in total. The second-order valence-corrected chi connectivity index (χ2v) is 6.52. The fourth-order valence-electron chi connectivity index (χ4n) is 3.47. The molecule has 3 heterocycles. The quantitative estimate of drug-likeness (QED) is 0.726. The Morgan fingerprint density at radius 1 is 1.35 bits per heavy atom. The van der Waals surface area contributed by atoms with Crippen LogP contribution in [0.4, 0.5) is 0 Å². The molecule has 1 amide bonds. The zero-order valence-electron chi connectivity index (χ0n) is 14.8. The van der Waals surface area contributed by atoms with Crippen LogP contribution in [0.3, 0.4) is 0 Å². The molecule has 3 aromatic rings. The van der Waals surface area contributed by atoms with Crippen LogP contribution in [0.1, 0.15) is 29.4 Å². The van der Waals surface area contributed by atoms with Crippen LogP contribution < -0.4 is 0 Å². The molecule has 26 heavy (non-hydrogen) atoms. The van der Waals surface area contributed by atoms with Gasteiger partial charge in [-0.2, -0.15) is 0 Å². The zero-order valence-corrected chi connectivity index (χ0v) is 14.8. The van der Waals surface area contributed by atoms with Crippen LogP contribution in [-0.4, -0.2) is 44.6 Å². The number of ether oxygens (including phenoxy) is 1. The van der Waals surface area contributed by atoms with Gasteiger partial charge in [-0.3, -0.25) is 9.78 Å². The van der Waals surface area contributed by atoms with Crippen LogP contribution >= 0.6 is 0 Å². The fraction of sp³-hybridized carbons (Fsp3) is 0.350. The number of hydrogen-bond donors (Lipinski definition) is 0. The molecular formula is C20H22N4O2. The molecule has 0 saturated heterocycles. The van der Waals surface area contributed by atoms with E-state index in [1.54, 1.807) is 6.20 Å². The van der Waals surface area contributed by atoms with Crippen molar-refractivity contribution in [2.24, 2.45) is 0 Å².